The Labute approximate surface area is 183 Å². The van der Waals surface area contributed by atoms with Gasteiger partial charge in [-0.05, 0) is 68.8 Å². The molecule has 0 bridgehead atoms. The number of nitrogens with zero attached hydrogens (tertiary/aromatic N) is 2. The van der Waals surface area contributed by atoms with Crippen LogP contribution in [0.4, 0.5) is 5.69 Å². The van der Waals surface area contributed by atoms with Crippen molar-refractivity contribution >= 4 is 27.6 Å². The van der Waals surface area contributed by atoms with Gasteiger partial charge in [-0.2, -0.15) is 4.73 Å². The summed E-state index contributed by atoms with van der Waals surface area (Å²) in [6.07, 6.45) is 2.27. The van der Waals surface area contributed by atoms with Crippen molar-refractivity contribution in [2.45, 2.75) is 86.0 Å². The van der Waals surface area contributed by atoms with Gasteiger partial charge in [0.1, 0.15) is 4.47 Å². The van der Waals surface area contributed by atoms with E-state index >= 15 is 0 Å². The predicted octanol–water partition coefficient (Wildman–Crippen LogP) is 4.83. The van der Waals surface area contributed by atoms with Crippen LogP contribution in [0, 0.1) is 17.5 Å². The standard InChI is InChI=1S/C22H35BrN2O4/c1-14(2)28-20(26)19(29-21(4,5)6)16-13-25(27)15(3)17(23)18(16)24-11-9-22(7,8)10-12-24/h13-14,19H,9-12H2,1-8H3/t19-/m0/s1. The normalized spacial score (nSPS) is 18.1. The average Bonchev–Trinajstić information content (AvgIpc) is 2.56. The lowest BCUT2D eigenvalue weighted by molar-refractivity contribution is -0.613. The van der Waals surface area contributed by atoms with Crippen molar-refractivity contribution in [3.8, 4) is 0 Å². The molecule has 1 aliphatic rings. The molecule has 2 rings (SSSR count). The smallest absolute Gasteiger partial charge is 0.340 e. The molecule has 0 aromatic carbocycles. The lowest BCUT2D eigenvalue weighted by atomic mass is 9.82. The van der Waals surface area contributed by atoms with Crippen molar-refractivity contribution in [2.24, 2.45) is 5.41 Å². The summed E-state index contributed by atoms with van der Waals surface area (Å²) in [7, 11) is 0. The molecule has 164 valence electrons. The van der Waals surface area contributed by atoms with Gasteiger partial charge in [-0.15, -0.1) is 0 Å². The Bertz CT molecular complexity index is 746. The predicted molar refractivity (Wildman–Crippen MR) is 118 cm³/mol. The first-order chi connectivity index (χ1) is 13.2. The van der Waals surface area contributed by atoms with Crippen molar-refractivity contribution < 1.29 is 19.0 Å². The van der Waals surface area contributed by atoms with E-state index in [2.05, 4.69) is 34.7 Å². The van der Waals surface area contributed by atoms with E-state index in [1.807, 2.05) is 20.8 Å². The number of piperidine rings is 1. The summed E-state index contributed by atoms with van der Waals surface area (Å²) in [6.45, 7) is 17.3. The molecule has 0 N–H and O–H groups in total. The number of ether oxygens (including phenoxy) is 2. The second-order valence-electron chi connectivity index (χ2n) is 9.91. The molecular weight excluding hydrogens is 436 g/mol. The number of aromatic nitrogens is 1. The Hall–Kier alpha value is -1.34. The quantitative estimate of drug-likeness (QED) is 0.350. The van der Waals surface area contributed by atoms with Crippen LogP contribution < -0.4 is 9.63 Å². The van der Waals surface area contributed by atoms with E-state index in [1.54, 1.807) is 20.8 Å². The van der Waals surface area contributed by atoms with Crippen LogP contribution in [0.5, 0.6) is 0 Å². The van der Waals surface area contributed by atoms with Crippen molar-refractivity contribution in [2.75, 3.05) is 18.0 Å². The Morgan fingerprint density at radius 2 is 1.83 bits per heavy atom. The Morgan fingerprint density at radius 1 is 1.28 bits per heavy atom. The minimum Gasteiger partial charge on any atom is -0.618 e. The molecule has 0 aliphatic carbocycles. The highest BCUT2D eigenvalue weighted by molar-refractivity contribution is 9.10. The molecule has 1 aromatic rings. The number of anilines is 1. The number of esters is 1. The molecule has 1 fully saturated rings. The van der Waals surface area contributed by atoms with E-state index in [0.717, 1.165) is 36.3 Å². The van der Waals surface area contributed by atoms with E-state index in [9.17, 15) is 10.0 Å². The number of rotatable bonds is 5. The van der Waals surface area contributed by atoms with Gasteiger partial charge in [-0.1, -0.05) is 13.8 Å². The van der Waals surface area contributed by atoms with E-state index in [0.29, 0.717) is 15.7 Å². The highest BCUT2D eigenvalue weighted by Crippen LogP contribution is 2.41. The zero-order valence-corrected chi connectivity index (χ0v) is 20.6. The summed E-state index contributed by atoms with van der Waals surface area (Å²) >= 11 is 3.62. The van der Waals surface area contributed by atoms with Crippen molar-refractivity contribution in [1.82, 2.24) is 0 Å². The number of halogens is 1. The SMILES string of the molecule is Cc1c(Br)c(N2CCC(C)(C)CC2)c([C@H](OC(C)(C)C)C(=O)OC(C)C)c[n+]1[O-]. The maximum atomic E-state index is 13.0. The maximum Gasteiger partial charge on any atom is 0.340 e. The summed E-state index contributed by atoms with van der Waals surface area (Å²) in [5.74, 6) is -0.482. The second-order valence-corrected chi connectivity index (χ2v) is 10.7. The number of hydrogen-bond donors (Lipinski definition) is 0. The molecule has 1 saturated heterocycles. The molecule has 0 spiro atoms. The van der Waals surface area contributed by atoms with Gasteiger partial charge in [0.05, 0.1) is 23.0 Å². The van der Waals surface area contributed by atoms with Crippen LogP contribution in [0.25, 0.3) is 0 Å². The van der Waals surface area contributed by atoms with E-state index in [1.165, 1.54) is 6.20 Å². The number of hydrogen-bond acceptors (Lipinski definition) is 5. The van der Waals surface area contributed by atoms with E-state index in [-0.39, 0.29) is 11.5 Å². The summed E-state index contributed by atoms with van der Waals surface area (Å²) in [5, 5.41) is 12.6. The Morgan fingerprint density at radius 3 is 2.31 bits per heavy atom. The van der Waals surface area contributed by atoms with Crippen molar-refractivity contribution in [3.05, 3.63) is 27.1 Å². The Kier molecular flexibility index (Phi) is 7.26. The summed E-state index contributed by atoms with van der Waals surface area (Å²) < 4.78 is 13.1. The molecular formula is C22H35BrN2O4. The molecule has 1 aliphatic heterocycles. The zero-order chi connectivity index (χ0) is 22.1. The van der Waals surface area contributed by atoms with Crippen LogP contribution in [0.15, 0.2) is 10.7 Å². The highest BCUT2D eigenvalue weighted by atomic mass is 79.9. The van der Waals surface area contributed by atoms with Crippen LogP contribution in [0.2, 0.25) is 0 Å². The summed E-state index contributed by atoms with van der Waals surface area (Å²) in [5.41, 5.74) is 1.63. The van der Waals surface area contributed by atoms with E-state index in [4.69, 9.17) is 9.47 Å². The first kappa shape index (κ1) is 23.9. The lowest BCUT2D eigenvalue weighted by Crippen LogP contribution is -2.41. The molecule has 1 aromatic heterocycles. The van der Waals surface area contributed by atoms with Gasteiger partial charge in [0.2, 0.25) is 5.69 Å². The largest absolute Gasteiger partial charge is 0.618 e. The van der Waals surface area contributed by atoms with Crippen LogP contribution in [0.3, 0.4) is 0 Å². The van der Waals surface area contributed by atoms with Crippen molar-refractivity contribution in [3.63, 3.8) is 0 Å². The summed E-state index contributed by atoms with van der Waals surface area (Å²) in [4.78, 5) is 15.2. The average molecular weight is 471 g/mol. The molecule has 7 heteroatoms. The third kappa shape index (κ3) is 6.07. The molecule has 0 saturated carbocycles. The lowest BCUT2D eigenvalue weighted by Gasteiger charge is -2.40. The third-order valence-electron chi connectivity index (χ3n) is 5.14. The molecule has 0 unspecified atom stereocenters. The van der Waals surface area contributed by atoms with Crippen LogP contribution in [-0.4, -0.2) is 30.8 Å². The third-order valence-corrected chi connectivity index (χ3v) is 6.09. The van der Waals surface area contributed by atoms with E-state index < -0.39 is 17.7 Å². The first-order valence-electron chi connectivity index (χ1n) is 10.3. The molecule has 29 heavy (non-hydrogen) atoms. The maximum absolute atomic E-state index is 13.0. The minimum absolute atomic E-state index is 0.277. The Balaban J connectivity index is 2.58. The number of carbonyl (C=O) groups excluding carboxylic acids is 1. The number of carbonyl (C=O) groups is 1. The first-order valence-corrected chi connectivity index (χ1v) is 11.1. The van der Waals surface area contributed by atoms with Gasteiger partial charge < -0.3 is 19.6 Å². The van der Waals surface area contributed by atoms with Crippen LogP contribution in [-0.2, 0) is 14.3 Å². The van der Waals surface area contributed by atoms with Crippen LogP contribution >= 0.6 is 15.9 Å². The molecule has 0 amide bonds. The zero-order valence-electron chi connectivity index (χ0n) is 19.0. The van der Waals surface area contributed by atoms with Gasteiger partial charge in [0.15, 0.2) is 12.3 Å². The molecule has 0 radical (unpaired) electrons. The monoisotopic (exact) mass is 470 g/mol. The number of pyridine rings is 1. The highest BCUT2D eigenvalue weighted by Gasteiger charge is 2.37. The minimum atomic E-state index is -0.987. The molecule has 2 heterocycles. The fraction of sp³-hybridized carbons (Fsp3) is 0.727. The fourth-order valence-electron chi connectivity index (χ4n) is 3.41. The van der Waals surface area contributed by atoms with Gasteiger partial charge in [0, 0.05) is 20.0 Å². The molecule has 6 nitrogen and oxygen atoms in total. The van der Waals surface area contributed by atoms with Gasteiger partial charge in [0.25, 0.3) is 0 Å². The van der Waals surface area contributed by atoms with Gasteiger partial charge in [-0.3, -0.25) is 0 Å². The molecule has 1 atom stereocenters. The van der Waals surface area contributed by atoms with Crippen molar-refractivity contribution in [1.29, 1.82) is 0 Å². The fourth-order valence-corrected chi connectivity index (χ4v) is 4.07. The summed E-state index contributed by atoms with van der Waals surface area (Å²) in [6, 6.07) is 0. The second kappa shape index (κ2) is 8.80. The van der Waals surface area contributed by atoms with Gasteiger partial charge >= 0.3 is 5.97 Å². The van der Waals surface area contributed by atoms with Crippen LogP contribution in [0.1, 0.15) is 78.7 Å². The van der Waals surface area contributed by atoms with Gasteiger partial charge in [-0.25, -0.2) is 4.79 Å². The topological polar surface area (TPSA) is 65.7 Å².